The zero-order valence-corrected chi connectivity index (χ0v) is 19.6. The minimum Gasteiger partial charge on any atom is -0.365 e. The number of benzene rings is 2. The second-order valence-corrected chi connectivity index (χ2v) is 9.43. The lowest BCUT2D eigenvalue weighted by molar-refractivity contribution is -0.127. The van der Waals surface area contributed by atoms with E-state index in [9.17, 15) is 9.59 Å². The van der Waals surface area contributed by atoms with E-state index in [1.165, 1.54) is 11.1 Å². The second kappa shape index (κ2) is 8.34. The predicted octanol–water partition coefficient (Wildman–Crippen LogP) is 4.09. The fraction of sp³-hybridized carbons (Fsp3) is 0.407. The van der Waals surface area contributed by atoms with Gasteiger partial charge in [0.2, 0.25) is 5.91 Å². The van der Waals surface area contributed by atoms with Gasteiger partial charge in [0.15, 0.2) is 0 Å². The van der Waals surface area contributed by atoms with E-state index >= 15 is 0 Å². The van der Waals surface area contributed by atoms with Crippen molar-refractivity contribution in [2.24, 2.45) is 0 Å². The van der Waals surface area contributed by atoms with E-state index < -0.39 is 0 Å². The number of aromatic nitrogens is 1. The first-order chi connectivity index (χ1) is 15.9. The molecule has 1 spiro atoms. The van der Waals surface area contributed by atoms with Crippen LogP contribution in [0.15, 0.2) is 48.7 Å². The van der Waals surface area contributed by atoms with Crippen LogP contribution in [0.3, 0.4) is 0 Å². The molecule has 172 valence electrons. The molecule has 2 aliphatic rings. The Labute approximate surface area is 194 Å². The maximum absolute atomic E-state index is 13.6. The molecule has 2 amide bonds. The van der Waals surface area contributed by atoms with Crippen molar-refractivity contribution in [3.8, 4) is 0 Å². The highest BCUT2D eigenvalue weighted by molar-refractivity contribution is 6.07. The molecular weight excluding hydrogens is 414 g/mol. The van der Waals surface area contributed by atoms with E-state index in [4.69, 9.17) is 4.74 Å². The van der Waals surface area contributed by atoms with Gasteiger partial charge in [-0.25, -0.2) is 0 Å². The standard InChI is InChI=1S/C27H31N3O3/c1-19-8-9-22-23(17-30(25(22)16-19)15-14-28(3)20(2)31)26(32)29-12-10-27(11-13-29)24-7-5-4-6-21(24)18-33-27/h4-9,16-17H,10-15,18H2,1-3H3. The number of rotatable bonds is 4. The monoisotopic (exact) mass is 445 g/mol. The van der Waals surface area contributed by atoms with Gasteiger partial charge in [-0.15, -0.1) is 0 Å². The first kappa shape index (κ1) is 21.7. The smallest absolute Gasteiger partial charge is 0.256 e. The summed E-state index contributed by atoms with van der Waals surface area (Å²) >= 11 is 0. The number of likely N-dealkylation sites (N-methyl/N-ethyl adjacent to an activating group) is 1. The van der Waals surface area contributed by atoms with Gasteiger partial charge in [-0.1, -0.05) is 36.4 Å². The van der Waals surface area contributed by atoms with Crippen molar-refractivity contribution in [2.75, 3.05) is 26.7 Å². The molecule has 33 heavy (non-hydrogen) atoms. The van der Waals surface area contributed by atoms with Crippen LogP contribution < -0.4 is 0 Å². The number of hydrogen-bond donors (Lipinski definition) is 0. The number of likely N-dealkylation sites (tertiary alicyclic amines) is 1. The zero-order valence-electron chi connectivity index (χ0n) is 19.6. The maximum atomic E-state index is 13.6. The Balaban J connectivity index is 1.37. The molecule has 5 rings (SSSR count). The van der Waals surface area contributed by atoms with Gasteiger partial charge < -0.3 is 19.1 Å². The van der Waals surface area contributed by atoms with Gasteiger partial charge in [0.05, 0.1) is 17.8 Å². The number of carbonyl (C=O) groups excluding carboxylic acids is 2. The Morgan fingerprint density at radius 2 is 1.88 bits per heavy atom. The van der Waals surface area contributed by atoms with E-state index in [1.807, 2.05) is 17.2 Å². The normalized spacial score (nSPS) is 16.9. The van der Waals surface area contributed by atoms with Gasteiger partial charge in [0, 0.05) is 57.3 Å². The molecule has 3 heterocycles. The maximum Gasteiger partial charge on any atom is 0.256 e. The average molecular weight is 446 g/mol. The summed E-state index contributed by atoms with van der Waals surface area (Å²) in [7, 11) is 1.80. The number of aryl methyl sites for hydroxylation is 1. The Kier molecular flexibility index (Phi) is 5.49. The molecule has 1 aromatic heterocycles. The minimum absolute atomic E-state index is 0.0388. The summed E-state index contributed by atoms with van der Waals surface area (Å²) in [6, 6.07) is 14.7. The molecule has 0 radical (unpaired) electrons. The van der Waals surface area contributed by atoms with E-state index in [-0.39, 0.29) is 17.4 Å². The molecule has 0 aliphatic carbocycles. The number of amides is 2. The van der Waals surface area contributed by atoms with Crippen LogP contribution in [0.1, 0.15) is 46.8 Å². The molecular formula is C27H31N3O3. The number of fused-ring (bicyclic) bond motifs is 3. The van der Waals surface area contributed by atoms with Crippen LogP contribution in [-0.4, -0.2) is 52.9 Å². The summed E-state index contributed by atoms with van der Waals surface area (Å²) in [4.78, 5) is 28.9. The largest absolute Gasteiger partial charge is 0.365 e. The Hall–Kier alpha value is -3.12. The van der Waals surface area contributed by atoms with Crippen LogP contribution in [0.4, 0.5) is 0 Å². The lowest BCUT2D eigenvalue weighted by Crippen LogP contribution is -2.45. The summed E-state index contributed by atoms with van der Waals surface area (Å²) in [6.45, 7) is 6.90. The van der Waals surface area contributed by atoms with Crippen molar-refractivity contribution in [2.45, 2.75) is 45.4 Å². The molecule has 2 aliphatic heterocycles. The molecule has 0 bridgehead atoms. The predicted molar refractivity (Wildman–Crippen MR) is 128 cm³/mol. The van der Waals surface area contributed by atoms with Crippen LogP contribution in [-0.2, 0) is 28.3 Å². The van der Waals surface area contributed by atoms with Gasteiger partial charge in [-0.2, -0.15) is 0 Å². The average Bonchev–Trinajstić information content (AvgIpc) is 3.36. The first-order valence-corrected chi connectivity index (χ1v) is 11.7. The van der Waals surface area contributed by atoms with Gasteiger partial charge in [0.1, 0.15) is 0 Å². The van der Waals surface area contributed by atoms with E-state index in [0.29, 0.717) is 32.8 Å². The third-order valence-corrected chi connectivity index (χ3v) is 7.35. The minimum atomic E-state index is -0.254. The lowest BCUT2D eigenvalue weighted by atomic mass is 9.83. The molecule has 0 N–H and O–H groups in total. The number of carbonyl (C=O) groups is 2. The van der Waals surface area contributed by atoms with Crippen molar-refractivity contribution in [1.82, 2.24) is 14.4 Å². The summed E-state index contributed by atoms with van der Waals surface area (Å²) in [5.74, 6) is 0.112. The number of nitrogens with zero attached hydrogens (tertiary/aromatic N) is 3. The molecule has 3 aromatic rings. The third-order valence-electron chi connectivity index (χ3n) is 7.35. The van der Waals surface area contributed by atoms with E-state index in [2.05, 4.69) is 47.9 Å². The highest BCUT2D eigenvalue weighted by Gasteiger charge is 2.43. The van der Waals surface area contributed by atoms with E-state index in [0.717, 1.165) is 34.9 Å². The number of piperidine rings is 1. The summed E-state index contributed by atoms with van der Waals surface area (Å²) in [5.41, 5.74) is 5.23. The first-order valence-electron chi connectivity index (χ1n) is 11.7. The van der Waals surface area contributed by atoms with Gasteiger partial charge >= 0.3 is 0 Å². The third kappa shape index (κ3) is 3.82. The summed E-state index contributed by atoms with van der Waals surface area (Å²) < 4.78 is 8.38. The van der Waals surface area contributed by atoms with Crippen LogP contribution in [0.2, 0.25) is 0 Å². The van der Waals surface area contributed by atoms with Gasteiger partial charge in [-0.05, 0) is 42.5 Å². The number of hydrogen-bond acceptors (Lipinski definition) is 3. The molecule has 1 saturated heterocycles. The topological polar surface area (TPSA) is 54.8 Å². The quantitative estimate of drug-likeness (QED) is 0.608. The van der Waals surface area contributed by atoms with Crippen molar-refractivity contribution >= 4 is 22.7 Å². The van der Waals surface area contributed by atoms with Crippen molar-refractivity contribution in [3.63, 3.8) is 0 Å². The van der Waals surface area contributed by atoms with Crippen LogP contribution in [0.25, 0.3) is 10.9 Å². The Morgan fingerprint density at radius 3 is 2.64 bits per heavy atom. The Bertz CT molecular complexity index is 1220. The molecule has 0 unspecified atom stereocenters. The van der Waals surface area contributed by atoms with Crippen molar-refractivity contribution < 1.29 is 14.3 Å². The fourth-order valence-electron chi connectivity index (χ4n) is 5.21. The summed E-state index contributed by atoms with van der Waals surface area (Å²) in [5, 5.41) is 0.971. The van der Waals surface area contributed by atoms with Crippen LogP contribution in [0, 0.1) is 6.92 Å². The van der Waals surface area contributed by atoms with Crippen molar-refractivity contribution in [3.05, 3.63) is 70.9 Å². The molecule has 6 nitrogen and oxygen atoms in total. The second-order valence-electron chi connectivity index (χ2n) is 9.43. The number of ether oxygens (including phenoxy) is 1. The van der Waals surface area contributed by atoms with E-state index in [1.54, 1.807) is 18.9 Å². The molecule has 6 heteroatoms. The van der Waals surface area contributed by atoms with Crippen LogP contribution >= 0.6 is 0 Å². The van der Waals surface area contributed by atoms with Gasteiger partial charge in [-0.3, -0.25) is 9.59 Å². The SMILES string of the molecule is CC(=O)N(C)CCn1cc(C(=O)N2CCC3(CC2)OCc2ccccc23)c2ccc(C)cc21. The molecule has 0 saturated carbocycles. The molecule has 0 atom stereocenters. The highest BCUT2D eigenvalue weighted by atomic mass is 16.5. The molecule has 2 aromatic carbocycles. The van der Waals surface area contributed by atoms with Crippen molar-refractivity contribution in [1.29, 1.82) is 0 Å². The molecule has 1 fully saturated rings. The van der Waals surface area contributed by atoms with Gasteiger partial charge in [0.25, 0.3) is 5.91 Å². The Morgan fingerprint density at radius 1 is 1.12 bits per heavy atom. The summed E-state index contributed by atoms with van der Waals surface area (Å²) in [6.07, 6.45) is 3.60. The van der Waals surface area contributed by atoms with Crippen LogP contribution in [0.5, 0.6) is 0 Å². The lowest BCUT2D eigenvalue weighted by Gasteiger charge is -2.39. The zero-order chi connectivity index (χ0) is 23.2. The fourth-order valence-corrected chi connectivity index (χ4v) is 5.21. The highest BCUT2D eigenvalue weighted by Crippen LogP contribution is 2.44.